The van der Waals surface area contributed by atoms with Crippen molar-refractivity contribution >= 4 is 11.0 Å². The van der Waals surface area contributed by atoms with E-state index in [-0.39, 0.29) is 0 Å². The number of hydrogen-bond acceptors (Lipinski definition) is 2. The predicted molar refractivity (Wildman–Crippen MR) is 174 cm³/mol. The van der Waals surface area contributed by atoms with E-state index in [1.54, 1.807) is 0 Å². The van der Waals surface area contributed by atoms with Crippen LogP contribution in [0.4, 0.5) is 0 Å². The first-order chi connectivity index (χ1) is 20.6. The van der Waals surface area contributed by atoms with Crippen molar-refractivity contribution in [2.24, 2.45) is 0 Å². The van der Waals surface area contributed by atoms with Crippen LogP contribution < -0.4 is 0 Å². The van der Waals surface area contributed by atoms with Crippen molar-refractivity contribution in [3.8, 4) is 27.9 Å². The number of imidazole rings is 1. The molecule has 6 aromatic rings. The molecule has 3 nitrogen and oxygen atoms in total. The quantitative estimate of drug-likeness (QED) is 0.197. The molecule has 7 rings (SSSR count). The Morgan fingerprint density at radius 2 is 1.50 bits per heavy atom. The third-order valence-corrected chi connectivity index (χ3v) is 8.47. The molecule has 0 amide bonds. The molecule has 0 bridgehead atoms. The zero-order valence-corrected chi connectivity index (χ0v) is 23.8. The van der Waals surface area contributed by atoms with Crippen LogP contribution in [0.2, 0.25) is 0 Å². The Kier molecular flexibility index (Phi) is 6.28. The van der Waals surface area contributed by atoms with Gasteiger partial charge in [-0.15, -0.1) is 0 Å². The molecular weight excluding hydrogens is 510 g/mol. The fourth-order valence-corrected chi connectivity index (χ4v) is 6.63. The van der Waals surface area contributed by atoms with Crippen molar-refractivity contribution in [1.82, 2.24) is 14.5 Å². The van der Waals surface area contributed by atoms with Gasteiger partial charge in [0.15, 0.2) is 0 Å². The van der Waals surface area contributed by atoms with Crippen molar-refractivity contribution in [3.63, 3.8) is 0 Å². The van der Waals surface area contributed by atoms with Gasteiger partial charge in [0.05, 0.1) is 22.1 Å². The monoisotopic (exact) mass is 541 g/mol. The fourth-order valence-electron chi connectivity index (χ4n) is 6.63. The highest BCUT2D eigenvalue weighted by Gasteiger charge is 2.47. The van der Waals surface area contributed by atoms with Gasteiger partial charge in [0.1, 0.15) is 5.82 Å². The van der Waals surface area contributed by atoms with Gasteiger partial charge in [-0.2, -0.15) is 0 Å². The van der Waals surface area contributed by atoms with Crippen LogP contribution in [0.25, 0.3) is 39.0 Å². The van der Waals surface area contributed by atoms with E-state index in [0.29, 0.717) is 0 Å². The number of allylic oxidation sites excluding steroid dienone is 5. The van der Waals surface area contributed by atoms with Crippen LogP contribution in [0.15, 0.2) is 152 Å². The third-order valence-electron chi connectivity index (χ3n) is 8.47. The van der Waals surface area contributed by atoms with Crippen molar-refractivity contribution in [2.45, 2.75) is 19.3 Å². The molecule has 1 aliphatic carbocycles. The average Bonchev–Trinajstić information content (AvgIpc) is 3.53. The normalized spacial score (nSPS) is 16.1. The highest BCUT2D eigenvalue weighted by molar-refractivity contribution is 5.88. The smallest absolute Gasteiger partial charge is 0.111 e. The second-order valence-electron chi connectivity index (χ2n) is 10.8. The molecule has 0 saturated heterocycles. The molecule has 0 aliphatic heterocycles. The first kappa shape index (κ1) is 25.7. The van der Waals surface area contributed by atoms with Gasteiger partial charge in [-0.25, -0.2) is 4.98 Å². The SMILES string of the molecule is C=C/C=C\C=C(/C)C1(c2ccccn2)c2ccccc2-c2ccc(-c3ccc(-n4c(C)nc5ccccc54)cc3)cc21. The highest BCUT2D eigenvalue weighted by atomic mass is 15.1. The van der Waals surface area contributed by atoms with Crippen LogP contribution in [0.3, 0.4) is 0 Å². The van der Waals surface area contributed by atoms with Gasteiger partial charge >= 0.3 is 0 Å². The van der Waals surface area contributed by atoms with Crippen molar-refractivity contribution in [1.29, 1.82) is 0 Å². The first-order valence-electron chi connectivity index (χ1n) is 14.3. The molecule has 0 fully saturated rings. The Bertz CT molecular complexity index is 2010. The Balaban J connectivity index is 1.40. The lowest BCUT2D eigenvalue weighted by Gasteiger charge is -2.33. The number of benzene rings is 4. The molecule has 2 heterocycles. The molecule has 1 atom stereocenters. The number of pyridine rings is 1. The minimum Gasteiger partial charge on any atom is -0.297 e. The minimum atomic E-state index is -0.512. The summed E-state index contributed by atoms with van der Waals surface area (Å²) in [6.45, 7) is 8.13. The van der Waals surface area contributed by atoms with Crippen molar-refractivity contribution < 1.29 is 0 Å². The number of para-hydroxylation sites is 2. The summed E-state index contributed by atoms with van der Waals surface area (Å²) in [5, 5.41) is 0. The summed E-state index contributed by atoms with van der Waals surface area (Å²) < 4.78 is 2.22. The molecule has 0 N–H and O–H groups in total. The van der Waals surface area contributed by atoms with Crippen molar-refractivity contribution in [2.75, 3.05) is 0 Å². The molecule has 4 aromatic carbocycles. The Morgan fingerprint density at radius 1 is 0.762 bits per heavy atom. The summed E-state index contributed by atoms with van der Waals surface area (Å²) in [6.07, 6.45) is 9.94. The number of fused-ring (bicyclic) bond motifs is 4. The molecule has 42 heavy (non-hydrogen) atoms. The van der Waals surface area contributed by atoms with Gasteiger partial charge in [-0.1, -0.05) is 103 Å². The zero-order valence-electron chi connectivity index (χ0n) is 23.8. The lowest BCUT2D eigenvalue weighted by molar-refractivity contribution is 0.716. The number of aromatic nitrogens is 3. The number of aryl methyl sites for hydroxylation is 1. The molecule has 1 unspecified atom stereocenters. The Labute approximate surface area is 246 Å². The summed E-state index contributed by atoms with van der Waals surface area (Å²) in [5.41, 5.74) is 12.3. The number of hydrogen-bond donors (Lipinski definition) is 0. The van der Waals surface area contributed by atoms with Crippen LogP contribution in [0, 0.1) is 6.92 Å². The lowest BCUT2D eigenvalue weighted by Crippen LogP contribution is -2.29. The Morgan fingerprint density at radius 3 is 2.31 bits per heavy atom. The maximum atomic E-state index is 4.96. The summed E-state index contributed by atoms with van der Waals surface area (Å²) in [6, 6.07) is 39.0. The van der Waals surface area contributed by atoms with E-state index < -0.39 is 5.41 Å². The highest BCUT2D eigenvalue weighted by Crippen LogP contribution is 2.56. The van der Waals surface area contributed by atoms with Crippen LogP contribution >= 0.6 is 0 Å². The van der Waals surface area contributed by atoms with E-state index in [1.807, 2.05) is 30.5 Å². The summed E-state index contributed by atoms with van der Waals surface area (Å²) >= 11 is 0. The second kappa shape index (κ2) is 10.3. The van der Waals surface area contributed by atoms with E-state index in [2.05, 4.69) is 134 Å². The second-order valence-corrected chi connectivity index (χ2v) is 10.8. The van der Waals surface area contributed by atoms with Gasteiger partial charge < -0.3 is 0 Å². The van der Waals surface area contributed by atoms with E-state index in [4.69, 9.17) is 9.97 Å². The maximum absolute atomic E-state index is 4.96. The molecule has 3 heteroatoms. The van der Waals surface area contributed by atoms with E-state index in [9.17, 15) is 0 Å². The van der Waals surface area contributed by atoms with Gasteiger partial charge in [-0.05, 0) is 89.7 Å². The zero-order chi connectivity index (χ0) is 28.7. The van der Waals surface area contributed by atoms with Crippen LogP contribution in [0.5, 0.6) is 0 Å². The average molecular weight is 542 g/mol. The van der Waals surface area contributed by atoms with Gasteiger partial charge in [0.2, 0.25) is 0 Å². The minimum absolute atomic E-state index is 0.512. The summed E-state index contributed by atoms with van der Waals surface area (Å²) in [4.78, 5) is 9.72. The van der Waals surface area contributed by atoms with E-state index in [0.717, 1.165) is 28.2 Å². The van der Waals surface area contributed by atoms with Gasteiger partial charge in [-0.3, -0.25) is 9.55 Å². The van der Waals surface area contributed by atoms with Crippen LogP contribution in [-0.4, -0.2) is 14.5 Å². The molecule has 0 radical (unpaired) electrons. The lowest BCUT2D eigenvalue weighted by atomic mass is 9.69. The number of rotatable bonds is 6. The standard InChI is InChI=1S/C39H31N3/c1-4-5-6-13-27(2)39(38-18-11-12-25-40-38)34-15-8-7-14-32(34)33-24-21-30(26-35(33)39)29-19-22-31(23-20-29)42-28(3)41-36-16-9-10-17-37(36)42/h4-26H,1H2,2-3H3/b6-5-,27-13+. The molecule has 0 saturated carbocycles. The first-order valence-corrected chi connectivity index (χ1v) is 14.3. The molecule has 2 aromatic heterocycles. The maximum Gasteiger partial charge on any atom is 0.111 e. The largest absolute Gasteiger partial charge is 0.297 e. The van der Waals surface area contributed by atoms with Crippen LogP contribution in [-0.2, 0) is 5.41 Å². The fraction of sp³-hybridized carbons (Fsp3) is 0.0769. The number of nitrogens with zero attached hydrogens (tertiary/aromatic N) is 3. The van der Waals surface area contributed by atoms with Crippen molar-refractivity contribution in [3.05, 3.63) is 174 Å². The van der Waals surface area contributed by atoms with Gasteiger partial charge in [0.25, 0.3) is 0 Å². The Hall–Kier alpha value is -5.28. The molecular formula is C39H31N3. The predicted octanol–water partition coefficient (Wildman–Crippen LogP) is 9.40. The molecule has 0 spiro atoms. The summed E-state index contributed by atoms with van der Waals surface area (Å²) in [7, 11) is 0. The summed E-state index contributed by atoms with van der Waals surface area (Å²) in [5.74, 6) is 0.979. The van der Waals surface area contributed by atoms with Gasteiger partial charge in [0, 0.05) is 11.9 Å². The molecule has 202 valence electrons. The van der Waals surface area contributed by atoms with E-state index >= 15 is 0 Å². The molecule has 1 aliphatic rings. The van der Waals surface area contributed by atoms with Crippen LogP contribution in [0.1, 0.15) is 29.6 Å². The topological polar surface area (TPSA) is 30.7 Å². The third kappa shape index (κ3) is 3.89. The van der Waals surface area contributed by atoms with E-state index in [1.165, 1.54) is 39.0 Å².